The molecule has 136 valence electrons. The second kappa shape index (κ2) is 8.85. The molecule has 0 aliphatic carbocycles. The van der Waals surface area contributed by atoms with Gasteiger partial charge < -0.3 is 20.3 Å². The predicted octanol–water partition coefficient (Wildman–Crippen LogP) is 1.17. The number of carbonyl (C=O) groups excluding carboxylic acids is 2. The number of amides is 2. The number of ether oxygens (including phenoxy) is 1. The maximum absolute atomic E-state index is 12.3. The van der Waals surface area contributed by atoms with Gasteiger partial charge in [-0.1, -0.05) is 18.2 Å². The summed E-state index contributed by atoms with van der Waals surface area (Å²) in [4.78, 5) is 26.3. The Bertz CT molecular complexity index is 565. The van der Waals surface area contributed by atoms with E-state index in [4.69, 9.17) is 4.74 Å². The average molecular weight is 345 g/mol. The molecule has 1 aromatic carbocycles. The van der Waals surface area contributed by atoms with Crippen molar-refractivity contribution in [3.05, 3.63) is 30.3 Å². The summed E-state index contributed by atoms with van der Waals surface area (Å²) in [6.07, 6.45) is 3.77. The first-order valence-corrected chi connectivity index (χ1v) is 9.19. The van der Waals surface area contributed by atoms with Gasteiger partial charge in [-0.25, -0.2) is 0 Å². The van der Waals surface area contributed by atoms with Crippen LogP contribution in [0.1, 0.15) is 25.7 Å². The third-order valence-corrected chi connectivity index (χ3v) is 5.01. The summed E-state index contributed by atoms with van der Waals surface area (Å²) in [6.45, 7) is 3.05. The molecular formula is C19H27N3O3. The number of likely N-dealkylation sites (tertiary alicyclic amines) is 1. The molecule has 3 rings (SSSR count). The van der Waals surface area contributed by atoms with Gasteiger partial charge in [0.15, 0.2) is 6.61 Å². The van der Waals surface area contributed by atoms with E-state index in [1.54, 1.807) is 4.90 Å². The third kappa shape index (κ3) is 5.19. The van der Waals surface area contributed by atoms with Gasteiger partial charge in [-0.3, -0.25) is 9.59 Å². The van der Waals surface area contributed by atoms with Crippen LogP contribution in [-0.2, 0) is 9.59 Å². The van der Waals surface area contributed by atoms with Crippen molar-refractivity contribution in [2.24, 2.45) is 5.92 Å². The second-order valence-electron chi connectivity index (χ2n) is 6.80. The summed E-state index contributed by atoms with van der Waals surface area (Å²) in [5.41, 5.74) is 0. The standard InChI is InChI=1S/C19H27N3O3/c23-18(14-25-17-6-2-1-3-7-17)22-11-8-15(9-12-22)19(24)21-13-16-5-4-10-20-16/h1-3,6-7,15-16,20H,4-5,8-14H2,(H,21,24). The van der Waals surface area contributed by atoms with Crippen LogP contribution in [0.4, 0.5) is 0 Å². The first-order chi connectivity index (χ1) is 12.2. The third-order valence-electron chi connectivity index (χ3n) is 5.01. The van der Waals surface area contributed by atoms with Gasteiger partial charge in [0.1, 0.15) is 5.75 Å². The number of para-hydroxylation sites is 1. The van der Waals surface area contributed by atoms with E-state index in [1.807, 2.05) is 30.3 Å². The van der Waals surface area contributed by atoms with Crippen LogP contribution in [0.15, 0.2) is 30.3 Å². The smallest absolute Gasteiger partial charge is 0.260 e. The van der Waals surface area contributed by atoms with Crippen molar-refractivity contribution in [3.63, 3.8) is 0 Å². The molecule has 2 aliphatic heterocycles. The summed E-state index contributed by atoms with van der Waals surface area (Å²) >= 11 is 0. The number of piperidine rings is 1. The molecule has 2 aliphatic rings. The fourth-order valence-electron chi connectivity index (χ4n) is 3.44. The summed E-state index contributed by atoms with van der Waals surface area (Å²) in [5, 5.41) is 6.44. The van der Waals surface area contributed by atoms with Gasteiger partial charge in [0.25, 0.3) is 5.91 Å². The first kappa shape index (κ1) is 17.7. The van der Waals surface area contributed by atoms with Crippen molar-refractivity contribution < 1.29 is 14.3 Å². The molecule has 1 atom stereocenters. The number of nitrogens with one attached hydrogen (secondary N) is 2. The SMILES string of the molecule is O=C(NCC1CCCN1)C1CCN(C(=O)COc2ccccc2)CC1. The van der Waals surface area contributed by atoms with Crippen molar-refractivity contribution in [2.75, 3.05) is 32.8 Å². The quantitative estimate of drug-likeness (QED) is 0.812. The van der Waals surface area contributed by atoms with Crippen molar-refractivity contribution in [1.29, 1.82) is 0 Å². The van der Waals surface area contributed by atoms with E-state index in [0.29, 0.717) is 31.4 Å². The molecule has 2 fully saturated rings. The Morgan fingerprint density at radius 3 is 2.60 bits per heavy atom. The molecule has 1 unspecified atom stereocenters. The molecular weight excluding hydrogens is 318 g/mol. The van der Waals surface area contributed by atoms with E-state index in [2.05, 4.69) is 10.6 Å². The highest BCUT2D eigenvalue weighted by Gasteiger charge is 2.28. The minimum Gasteiger partial charge on any atom is -0.484 e. The second-order valence-corrected chi connectivity index (χ2v) is 6.80. The molecule has 0 spiro atoms. The van der Waals surface area contributed by atoms with Crippen LogP contribution in [0.3, 0.4) is 0 Å². The van der Waals surface area contributed by atoms with E-state index >= 15 is 0 Å². The van der Waals surface area contributed by atoms with Gasteiger partial charge >= 0.3 is 0 Å². The molecule has 2 N–H and O–H groups in total. The zero-order chi connectivity index (χ0) is 17.5. The van der Waals surface area contributed by atoms with Crippen LogP contribution < -0.4 is 15.4 Å². The Morgan fingerprint density at radius 2 is 1.92 bits per heavy atom. The zero-order valence-electron chi connectivity index (χ0n) is 14.6. The van der Waals surface area contributed by atoms with E-state index in [1.165, 1.54) is 6.42 Å². The van der Waals surface area contributed by atoms with Crippen molar-refractivity contribution in [1.82, 2.24) is 15.5 Å². The van der Waals surface area contributed by atoms with Gasteiger partial charge in [-0.15, -0.1) is 0 Å². The van der Waals surface area contributed by atoms with Gasteiger partial charge in [-0.2, -0.15) is 0 Å². The molecule has 0 saturated carbocycles. The highest BCUT2D eigenvalue weighted by molar-refractivity contribution is 5.80. The topological polar surface area (TPSA) is 70.7 Å². The Kier molecular flexibility index (Phi) is 6.28. The predicted molar refractivity (Wildman–Crippen MR) is 95.3 cm³/mol. The maximum Gasteiger partial charge on any atom is 0.260 e. The highest BCUT2D eigenvalue weighted by Crippen LogP contribution is 2.18. The lowest BCUT2D eigenvalue weighted by Crippen LogP contribution is -2.46. The minimum absolute atomic E-state index is 0.0143. The van der Waals surface area contributed by atoms with Crippen molar-refractivity contribution in [3.8, 4) is 5.75 Å². The van der Waals surface area contributed by atoms with Crippen molar-refractivity contribution >= 4 is 11.8 Å². The highest BCUT2D eigenvalue weighted by atomic mass is 16.5. The molecule has 2 amide bonds. The molecule has 6 nitrogen and oxygen atoms in total. The van der Waals surface area contributed by atoms with Gasteiger partial charge in [-0.05, 0) is 44.4 Å². The van der Waals surface area contributed by atoms with Gasteiger partial charge in [0.05, 0.1) is 0 Å². The fraction of sp³-hybridized carbons (Fsp3) is 0.579. The largest absolute Gasteiger partial charge is 0.484 e. The van der Waals surface area contributed by atoms with Gasteiger partial charge in [0, 0.05) is 31.6 Å². The minimum atomic E-state index is -0.0159. The van der Waals surface area contributed by atoms with Crippen LogP contribution in [0.2, 0.25) is 0 Å². The fourth-order valence-corrected chi connectivity index (χ4v) is 3.44. The number of rotatable bonds is 6. The normalized spacial score (nSPS) is 21.1. The Balaban J connectivity index is 1.35. The summed E-state index contributed by atoms with van der Waals surface area (Å²) in [6, 6.07) is 9.76. The number of hydrogen-bond donors (Lipinski definition) is 2. The monoisotopic (exact) mass is 345 g/mol. The molecule has 2 saturated heterocycles. The Hall–Kier alpha value is -2.08. The van der Waals surface area contributed by atoms with Gasteiger partial charge in [0.2, 0.25) is 5.91 Å². The zero-order valence-corrected chi connectivity index (χ0v) is 14.6. The van der Waals surface area contributed by atoms with Crippen LogP contribution in [-0.4, -0.2) is 55.5 Å². The molecule has 0 aromatic heterocycles. The molecule has 25 heavy (non-hydrogen) atoms. The number of carbonyl (C=O) groups is 2. The van der Waals surface area contributed by atoms with Crippen LogP contribution >= 0.6 is 0 Å². The summed E-state index contributed by atoms with van der Waals surface area (Å²) in [7, 11) is 0. The van der Waals surface area contributed by atoms with E-state index in [-0.39, 0.29) is 24.3 Å². The Morgan fingerprint density at radius 1 is 1.16 bits per heavy atom. The summed E-state index contributed by atoms with van der Waals surface area (Å²) in [5.74, 6) is 0.824. The van der Waals surface area contributed by atoms with Crippen LogP contribution in [0.25, 0.3) is 0 Å². The first-order valence-electron chi connectivity index (χ1n) is 9.19. The molecule has 6 heteroatoms. The lowest BCUT2D eigenvalue weighted by Gasteiger charge is -2.31. The lowest BCUT2D eigenvalue weighted by atomic mass is 9.95. The molecule has 0 bridgehead atoms. The average Bonchev–Trinajstić information content (AvgIpc) is 3.19. The lowest BCUT2D eigenvalue weighted by molar-refractivity contribution is -0.137. The van der Waals surface area contributed by atoms with Crippen LogP contribution in [0, 0.1) is 5.92 Å². The number of hydrogen-bond acceptors (Lipinski definition) is 4. The van der Waals surface area contributed by atoms with E-state index in [0.717, 1.165) is 25.8 Å². The molecule has 1 aromatic rings. The summed E-state index contributed by atoms with van der Waals surface area (Å²) < 4.78 is 5.51. The van der Waals surface area contributed by atoms with E-state index < -0.39 is 0 Å². The van der Waals surface area contributed by atoms with Crippen molar-refractivity contribution in [2.45, 2.75) is 31.7 Å². The number of nitrogens with zero attached hydrogens (tertiary/aromatic N) is 1. The van der Waals surface area contributed by atoms with E-state index in [9.17, 15) is 9.59 Å². The van der Waals surface area contributed by atoms with Crippen LogP contribution in [0.5, 0.6) is 5.75 Å². The molecule has 2 heterocycles. The Labute approximate surface area is 148 Å². The molecule has 0 radical (unpaired) electrons. The maximum atomic E-state index is 12.3. The number of benzene rings is 1.